The Bertz CT molecular complexity index is 620. The molecule has 0 N–H and O–H groups in total. The number of aryl methyl sites for hydroxylation is 1. The highest BCUT2D eigenvalue weighted by Crippen LogP contribution is 2.32. The number of para-hydroxylation sites is 1. The van der Waals surface area contributed by atoms with Crippen LogP contribution >= 0.6 is 0 Å². The van der Waals surface area contributed by atoms with Crippen molar-refractivity contribution in [3.05, 3.63) is 65.7 Å². The van der Waals surface area contributed by atoms with Gasteiger partial charge in [-0.05, 0) is 43.4 Å². The molecule has 2 aromatic rings. The number of carbonyl (C=O) groups is 1. The molecule has 0 radical (unpaired) electrons. The van der Waals surface area contributed by atoms with Gasteiger partial charge in [0.05, 0.1) is 0 Å². The van der Waals surface area contributed by atoms with Gasteiger partial charge in [-0.2, -0.15) is 0 Å². The van der Waals surface area contributed by atoms with E-state index in [2.05, 4.69) is 49.4 Å². The van der Waals surface area contributed by atoms with Gasteiger partial charge in [0.15, 0.2) is 0 Å². The summed E-state index contributed by atoms with van der Waals surface area (Å²) in [5, 5.41) is 0. The van der Waals surface area contributed by atoms with Crippen molar-refractivity contribution >= 4 is 11.6 Å². The lowest BCUT2D eigenvalue weighted by molar-refractivity contribution is -0.119. The third-order valence-corrected chi connectivity index (χ3v) is 4.17. The Morgan fingerprint density at radius 1 is 1.10 bits per heavy atom. The fourth-order valence-corrected chi connectivity index (χ4v) is 3.15. The van der Waals surface area contributed by atoms with Gasteiger partial charge in [0, 0.05) is 18.2 Å². The number of hydrogen-bond acceptors (Lipinski definition) is 1. The van der Waals surface area contributed by atoms with E-state index in [1.807, 2.05) is 17.0 Å². The second-order valence-electron chi connectivity index (χ2n) is 5.78. The predicted octanol–water partition coefficient (Wildman–Crippen LogP) is 3.99. The normalized spacial score (nSPS) is 16.8. The van der Waals surface area contributed by atoms with Gasteiger partial charge in [0.1, 0.15) is 0 Å². The first-order valence-electron chi connectivity index (χ1n) is 7.69. The zero-order valence-corrected chi connectivity index (χ0v) is 12.5. The minimum Gasteiger partial charge on any atom is -0.309 e. The average Bonchev–Trinajstić information content (AvgIpc) is 2.84. The maximum atomic E-state index is 12.5. The second-order valence-corrected chi connectivity index (χ2v) is 5.78. The minimum atomic E-state index is 0.253. The monoisotopic (exact) mass is 279 g/mol. The summed E-state index contributed by atoms with van der Waals surface area (Å²) in [6.45, 7) is 2.13. The van der Waals surface area contributed by atoms with Gasteiger partial charge in [-0.3, -0.25) is 4.79 Å². The Labute approximate surface area is 126 Å². The number of fused-ring (bicyclic) bond motifs is 1. The first kappa shape index (κ1) is 13.9. The van der Waals surface area contributed by atoms with Crippen LogP contribution in [0.2, 0.25) is 0 Å². The van der Waals surface area contributed by atoms with Crippen molar-refractivity contribution in [2.24, 2.45) is 0 Å². The fraction of sp³-hybridized carbons (Fsp3) is 0.316. The second kappa shape index (κ2) is 6.13. The lowest BCUT2D eigenvalue weighted by atomic mass is 10.1. The third kappa shape index (κ3) is 2.99. The van der Waals surface area contributed by atoms with E-state index < -0.39 is 0 Å². The molecule has 1 heterocycles. The maximum absolute atomic E-state index is 12.5. The van der Waals surface area contributed by atoms with Crippen molar-refractivity contribution in [3.8, 4) is 0 Å². The lowest BCUT2D eigenvalue weighted by Gasteiger charge is -2.22. The molecule has 0 fully saturated rings. The van der Waals surface area contributed by atoms with Crippen LogP contribution in [-0.4, -0.2) is 11.9 Å². The Balaban J connectivity index is 1.61. The van der Waals surface area contributed by atoms with Crippen LogP contribution in [0, 0.1) is 0 Å². The fourth-order valence-electron chi connectivity index (χ4n) is 3.15. The average molecular weight is 279 g/mol. The van der Waals surface area contributed by atoms with Crippen molar-refractivity contribution in [1.29, 1.82) is 0 Å². The van der Waals surface area contributed by atoms with Gasteiger partial charge in [-0.25, -0.2) is 0 Å². The highest BCUT2D eigenvalue weighted by molar-refractivity contribution is 5.96. The number of carbonyl (C=O) groups excluding carboxylic acids is 1. The van der Waals surface area contributed by atoms with Gasteiger partial charge >= 0.3 is 0 Å². The van der Waals surface area contributed by atoms with E-state index in [0.29, 0.717) is 6.42 Å². The Morgan fingerprint density at radius 3 is 2.62 bits per heavy atom. The minimum absolute atomic E-state index is 0.253. The third-order valence-electron chi connectivity index (χ3n) is 4.17. The molecule has 0 saturated carbocycles. The van der Waals surface area contributed by atoms with Gasteiger partial charge < -0.3 is 4.90 Å². The van der Waals surface area contributed by atoms with Crippen molar-refractivity contribution in [1.82, 2.24) is 0 Å². The van der Waals surface area contributed by atoms with Crippen LogP contribution in [0.4, 0.5) is 5.69 Å². The van der Waals surface area contributed by atoms with Crippen LogP contribution in [0.5, 0.6) is 0 Å². The molecular weight excluding hydrogens is 258 g/mol. The number of benzene rings is 2. The summed E-state index contributed by atoms with van der Waals surface area (Å²) in [6.07, 6.45) is 3.47. The van der Waals surface area contributed by atoms with Crippen molar-refractivity contribution in [2.45, 2.75) is 38.6 Å². The van der Waals surface area contributed by atoms with Crippen LogP contribution in [0.1, 0.15) is 30.9 Å². The lowest BCUT2D eigenvalue weighted by Crippen LogP contribution is -2.35. The van der Waals surface area contributed by atoms with E-state index in [0.717, 1.165) is 24.9 Å². The van der Waals surface area contributed by atoms with Crippen LogP contribution in [-0.2, 0) is 17.6 Å². The van der Waals surface area contributed by atoms with E-state index in [1.54, 1.807) is 0 Å². The molecule has 1 amide bonds. The molecule has 1 aliphatic rings. The molecule has 1 aliphatic heterocycles. The summed E-state index contributed by atoms with van der Waals surface area (Å²) < 4.78 is 0. The van der Waals surface area contributed by atoms with Gasteiger partial charge in [-0.1, -0.05) is 48.5 Å². The number of amides is 1. The molecule has 0 aromatic heterocycles. The molecule has 2 heteroatoms. The number of hydrogen-bond donors (Lipinski definition) is 0. The van der Waals surface area contributed by atoms with Crippen molar-refractivity contribution < 1.29 is 4.79 Å². The molecule has 0 saturated heterocycles. The molecule has 0 spiro atoms. The predicted molar refractivity (Wildman–Crippen MR) is 86.5 cm³/mol. The largest absolute Gasteiger partial charge is 0.309 e. The Morgan fingerprint density at radius 2 is 1.81 bits per heavy atom. The molecule has 2 nitrogen and oxygen atoms in total. The molecule has 0 bridgehead atoms. The summed E-state index contributed by atoms with van der Waals surface area (Å²) in [5.74, 6) is 0.253. The smallest absolute Gasteiger partial charge is 0.227 e. The molecule has 1 atom stereocenters. The number of anilines is 1. The topological polar surface area (TPSA) is 20.3 Å². The number of nitrogens with zero attached hydrogens (tertiary/aromatic N) is 1. The number of rotatable bonds is 4. The summed E-state index contributed by atoms with van der Waals surface area (Å²) in [7, 11) is 0. The summed E-state index contributed by atoms with van der Waals surface area (Å²) in [5.41, 5.74) is 3.70. The van der Waals surface area contributed by atoms with Gasteiger partial charge in [0.25, 0.3) is 0 Å². The molecule has 2 aromatic carbocycles. The molecule has 21 heavy (non-hydrogen) atoms. The summed E-state index contributed by atoms with van der Waals surface area (Å²) in [4.78, 5) is 14.5. The van der Waals surface area contributed by atoms with E-state index in [1.165, 1.54) is 11.1 Å². The van der Waals surface area contributed by atoms with Crippen molar-refractivity contribution in [3.63, 3.8) is 0 Å². The Hall–Kier alpha value is -2.09. The SMILES string of the molecule is CC1Cc2ccccc2N1C(=O)CCCc1ccccc1. The quantitative estimate of drug-likeness (QED) is 0.828. The zero-order valence-electron chi connectivity index (χ0n) is 12.5. The van der Waals surface area contributed by atoms with Crippen LogP contribution in [0.25, 0.3) is 0 Å². The first-order chi connectivity index (χ1) is 10.3. The zero-order chi connectivity index (χ0) is 14.7. The van der Waals surface area contributed by atoms with Gasteiger partial charge in [-0.15, -0.1) is 0 Å². The Kier molecular flexibility index (Phi) is 4.05. The van der Waals surface area contributed by atoms with Crippen LogP contribution in [0.3, 0.4) is 0 Å². The summed E-state index contributed by atoms with van der Waals surface area (Å²) >= 11 is 0. The highest BCUT2D eigenvalue weighted by Gasteiger charge is 2.29. The van der Waals surface area contributed by atoms with E-state index in [4.69, 9.17) is 0 Å². The highest BCUT2D eigenvalue weighted by atomic mass is 16.2. The maximum Gasteiger partial charge on any atom is 0.227 e. The molecule has 0 aliphatic carbocycles. The first-order valence-corrected chi connectivity index (χ1v) is 7.69. The molecular formula is C19H21NO. The van der Waals surface area contributed by atoms with E-state index in [9.17, 15) is 4.79 Å². The van der Waals surface area contributed by atoms with Crippen LogP contribution in [0.15, 0.2) is 54.6 Å². The van der Waals surface area contributed by atoms with Crippen LogP contribution < -0.4 is 4.90 Å². The molecule has 3 rings (SSSR count). The molecule has 108 valence electrons. The van der Waals surface area contributed by atoms with Gasteiger partial charge in [0.2, 0.25) is 5.91 Å². The van der Waals surface area contributed by atoms with E-state index in [-0.39, 0.29) is 11.9 Å². The molecule has 1 unspecified atom stereocenters. The summed E-state index contributed by atoms with van der Waals surface area (Å²) in [6, 6.07) is 18.9. The standard InChI is InChI=1S/C19H21NO/c1-15-14-17-11-5-6-12-18(17)20(15)19(21)13-7-10-16-8-3-2-4-9-16/h2-6,8-9,11-12,15H,7,10,13-14H2,1H3. The van der Waals surface area contributed by atoms with Crippen molar-refractivity contribution in [2.75, 3.05) is 4.90 Å². The van der Waals surface area contributed by atoms with E-state index >= 15 is 0 Å².